The van der Waals surface area contributed by atoms with E-state index in [2.05, 4.69) is 67.8 Å². The average molecular weight is 1160 g/mol. The maximum Gasteiger partial charge on any atom is 0.249 e. The van der Waals surface area contributed by atoms with Gasteiger partial charge in [0, 0.05) is 0 Å². The fourth-order valence-electron chi connectivity index (χ4n) is 11.2. The molecule has 82 heavy (non-hydrogen) atoms. The van der Waals surface area contributed by atoms with E-state index in [1.54, 1.807) is 0 Å². The van der Waals surface area contributed by atoms with Gasteiger partial charge in [-0.1, -0.05) is 287 Å². The number of hydrogen-bond donors (Lipinski definition) is 8. The van der Waals surface area contributed by atoms with E-state index in [9.17, 15) is 40.5 Å². The lowest BCUT2D eigenvalue weighted by molar-refractivity contribution is -0.303. The van der Waals surface area contributed by atoms with Crippen LogP contribution in [0.1, 0.15) is 328 Å². The third-order valence-electron chi connectivity index (χ3n) is 16.8. The number of unbranched alkanes of at least 4 members (excludes halogenated alkanes) is 41. The van der Waals surface area contributed by atoms with Gasteiger partial charge >= 0.3 is 0 Å². The predicted molar refractivity (Wildman–Crippen MR) is 344 cm³/mol. The van der Waals surface area contributed by atoms with E-state index in [-0.39, 0.29) is 12.8 Å². The van der Waals surface area contributed by atoms with Gasteiger partial charge in [-0.25, -0.2) is 0 Å². The maximum atomic E-state index is 13.2. The van der Waals surface area contributed by atoms with Crippen molar-refractivity contribution >= 4 is 5.91 Å². The average Bonchev–Trinajstić information content (AvgIpc) is 3.53. The quantitative estimate of drug-likeness (QED) is 0.0215. The van der Waals surface area contributed by atoms with Crippen LogP contribution in [0.2, 0.25) is 0 Å². The Hall–Kier alpha value is -1.93. The van der Waals surface area contributed by atoms with Gasteiger partial charge < -0.3 is 50.5 Å². The highest BCUT2D eigenvalue weighted by molar-refractivity contribution is 5.80. The third kappa shape index (κ3) is 46.3. The van der Waals surface area contributed by atoms with Crippen molar-refractivity contribution < 1.29 is 50.0 Å². The summed E-state index contributed by atoms with van der Waals surface area (Å²) >= 11 is 0. The van der Waals surface area contributed by atoms with Gasteiger partial charge in [-0.3, -0.25) is 4.79 Å². The first-order valence-electron chi connectivity index (χ1n) is 35.0. The van der Waals surface area contributed by atoms with Crippen LogP contribution in [-0.4, -0.2) is 110 Å². The molecule has 0 spiro atoms. The molecule has 0 radical (unpaired) electrons. The molecule has 0 aliphatic carbocycles. The molecule has 9 unspecified atom stereocenters. The van der Waals surface area contributed by atoms with Crippen LogP contribution in [-0.2, 0) is 14.3 Å². The summed E-state index contributed by atoms with van der Waals surface area (Å²) in [6.07, 6.45) is 66.2. The van der Waals surface area contributed by atoms with Gasteiger partial charge in [-0.15, -0.1) is 0 Å². The standard InChI is InChI=1S/C71H133NO10/c1-3-5-7-9-11-13-15-17-19-21-23-25-27-29-31-32-33-35-36-38-40-42-44-46-48-50-52-54-56-58-63(74)66(76)62(61-81-71-69(79)68(78)67(77)65(60-73)82-71)72-70(80)64(75)59-57-55-53-51-49-47-45-43-41-39-37-34-30-28-26-24-22-20-18-16-14-12-10-8-6-4-2/h30,34-36,42,44,50,52,62-69,71,73-79H,3-29,31-33,37-41,43,45-49,51,53-61H2,1-2H3,(H,72,80)/b34-30-,36-35+,44-42+,52-50+. The summed E-state index contributed by atoms with van der Waals surface area (Å²) in [6.45, 7) is 3.48. The number of nitrogens with one attached hydrogen (secondary N) is 1. The highest BCUT2D eigenvalue weighted by atomic mass is 16.7. The molecule has 0 aromatic heterocycles. The number of allylic oxidation sites excluding steroid dienone is 8. The van der Waals surface area contributed by atoms with Gasteiger partial charge in [0.15, 0.2) is 6.29 Å². The van der Waals surface area contributed by atoms with Crippen molar-refractivity contribution in [2.45, 2.75) is 384 Å². The number of rotatable bonds is 61. The van der Waals surface area contributed by atoms with Gasteiger partial charge in [0.25, 0.3) is 0 Å². The summed E-state index contributed by atoms with van der Waals surface area (Å²) in [5.74, 6) is -0.710. The smallest absolute Gasteiger partial charge is 0.249 e. The normalized spacial score (nSPS) is 19.4. The van der Waals surface area contributed by atoms with E-state index in [4.69, 9.17) is 9.47 Å². The molecule has 11 nitrogen and oxygen atoms in total. The Bertz CT molecular complexity index is 1470. The molecule has 0 saturated carbocycles. The van der Waals surface area contributed by atoms with Crippen molar-refractivity contribution in [1.82, 2.24) is 5.32 Å². The minimum absolute atomic E-state index is 0.241. The molecule has 1 amide bonds. The lowest BCUT2D eigenvalue weighted by Crippen LogP contribution is -2.60. The van der Waals surface area contributed by atoms with Crippen molar-refractivity contribution in [2.75, 3.05) is 13.2 Å². The highest BCUT2D eigenvalue weighted by Crippen LogP contribution is 2.24. The molecule has 1 aliphatic heterocycles. The SMILES string of the molecule is CCCCCCCCCCCCCC/C=C\CCCCCCCCCCCCC(O)C(=O)NC(COC1OC(CO)C(O)C(O)C1O)C(O)C(O)CCC/C=C/CC/C=C/CC/C=C/CCCCCCCCCCCCCCCCCC. The first-order valence-corrected chi connectivity index (χ1v) is 35.0. The zero-order chi connectivity index (χ0) is 59.6. The Morgan fingerprint density at radius 3 is 1.09 bits per heavy atom. The third-order valence-corrected chi connectivity index (χ3v) is 16.8. The molecule has 1 fully saturated rings. The Kier molecular flexibility index (Phi) is 56.6. The van der Waals surface area contributed by atoms with E-state index < -0.39 is 74.2 Å². The van der Waals surface area contributed by atoms with Crippen molar-refractivity contribution in [3.8, 4) is 0 Å². The van der Waals surface area contributed by atoms with E-state index in [0.29, 0.717) is 19.3 Å². The topological polar surface area (TPSA) is 189 Å². The molecule has 0 bridgehead atoms. The largest absolute Gasteiger partial charge is 0.394 e. The summed E-state index contributed by atoms with van der Waals surface area (Å²) in [7, 11) is 0. The van der Waals surface area contributed by atoms with Crippen LogP contribution in [0.15, 0.2) is 48.6 Å². The summed E-state index contributed by atoms with van der Waals surface area (Å²) in [5.41, 5.74) is 0. The molecule has 482 valence electrons. The second kappa shape index (κ2) is 59.4. The number of ether oxygens (including phenoxy) is 2. The maximum absolute atomic E-state index is 13.2. The Labute approximate surface area is 504 Å². The van der Waals surface area contributed by atoms with Gasteiger partial charge in [0.1, 0.15) is 36.6 Å². The van der Waals surface area contributed by atoms with E-state index in [1.165, 1.54) is 238 Å². The number of carbonyl (C=O) groups excluding carboxylic acids is 1. The van der Waals surface area contributed by atoms with Crippen LogP contribution in [0.4, 0.5) is 0 Å². The second-order valence-electron chi connectivity index (χ2n) is 24.6. The van der Waals surface area contributed by atoms with Crippen LogP contribution in [0, 0.1) is 0 Å². The molecule has 1 saturated heterocycles. The minimum Gasteiger partial charge on any atom is -0.394 e. The van der Waals surface area contributed by atoms with Crippen molar-refractivity contribution in [1.29, 1.82) is 0 Å². The number of amides is 1. The molecule has 11 heteroatoms. The van der Waals surface area contributed by atoms with Crippen molar-refractivity contribution in [2.24, 2.45) is 0 Å². The van der Waals surface area contributed by atoms with E-state index in [0.717, 1.165) is 44.9 Å². The highest BCUT2D eigenvalue weighted by Gasteiger charge is 2.44. The number of aliphatic hydroxyl groups excluding tert-OH is 7. The molecular weight excluding hydrogens is 1030 g/mol. The molecule has 0 aromatic carbocycles. The van der Waals surface area contributed by atoms with Crippen molar-refractivity contribution in [3.63, 3.8) is 0 Å². The Morgan fingerprint density at radius 1 is 0.415 bits per heavy atom. The molecule has 1 heterocycles. The van der Waals surface area contributed by atoms with E-state index in [1.807, 2.05) is 0 Å². The van der Waals surface area contributed by atoms with Gasteiger partial charge in [-0.2, -0.15) is 0 Å². The first kappa shape index (κ1) is 78.1. The minimum atomic E-state index is -1.68. The number of hydrogen-bond acceptors (Lipinski definition) is 10. The second-order valence-corrected chi connectivity index (χ2v) is 24.6. The Morgan fingerprint density at radius 2 is 0.732 bits per heavy atom. The lowest BCUT2D eigenvalue weighted by atomic mass is 9.98. The summed E-state index contributed by atoms with van der Waals surface area (Å²) in [6, 6.07) is -1.20. The molecule has 1 aliphatic rings. The van der Waals surface area contributed by atoms with Crippen LogP contribution in [0.25, 0.3) is 0 Å². The molecule has 1 rings (SSSR count). The summed E-state index contributed by atoms with van der Waals surface area (Å²) in [4.78, 5) is 13.2. The zero-order valence-electron chi connectivity index (χ0n) is 53.2. The zero-order valence-corrected chi connectivity index (χ0v) is 53.2. The molecule has 9 atom stereocenters. The monoisotopic (exact) mass is 1160 g/mol. The van der Waals surface area contributed by atoms with Crippen LogP contribution >= 0.6 is 0 Å². The van der Waals surface area contributed by atoms with Crippen molar-refractivity contribution in [3.05, 3.63) is 48.6 Å². The van der Waals surface area contributed by atoms with Crippen LogP contribution < -0.4 is 5.32 Å². The first-order chi connectivity index (χ1) is 40.2. The van der Waals surface area contributed by atoms with Gasteiger partial charge in [-0.05, 0) is 89.9 Å². The van der Waals surface area contributed by atoms with Gasteiger partial charge in [0.2, 0.25) is 5.91 Å². The van der Waals surface area contributed by atoms with Gasteiger partial charge in [0.05, 0.1) is 25.4 Å². The summed E-state index contributed by atoms with van der Waals surface area (Å²) < 4.78 is 11.2. The summed E-state index contributed by atoms with van der Waals surface area (Å²) in [5, 5.41) is 76.4. The fourth-order valence-corrected chi connectivity index (χ4v) is 11.2. The number of carbonyl (C=O) groups is 1. The Balaban J connectivity index is 2.25. The molecule has 0 aromatic rings. The van der Waals surface area contributed by atoms with Crippen LogP contribution in [0.3, 0.4) is 0 Å². The lowest BCUT2D eigenvalue weighted by Gasteiger charge is -2.40. The molecule has 8 N–H and O–H groups in total. The fraction of sp³-hybridized carbons (Fsp3) is 0.873. The molecular formula is C71H133NO10. The predicted octanol–water partition coefficient (Wildman–Crippen LogP) is 16.7. The van der Waals surface area contributed by atoms with E-state index >= 15 is 0 Å². The number of aliphatic hydroxyl groups is 7. The van der Waals surface area contributed by atoms with Crippen LogP contribution in [0.5, 0.6) is 0 Å².